The number of benzene rings is 1. The van der Waals surface area contributed by atoms with E-state index < -0.39 is 11.7 Å². The highest BCUT2D eigenvalue weighted by molar-refractivity contribution is 6.03. The second-order valence-corrected chi connectivity index (χ2v) is 7.30. The summed E-state index contributed by atoms with van der Waals surface area (Å²) in [6, 6.07) is 4.61. The number of aryl methyl sites for hydroxylation is 1. The molecule has 0 radical (unpaired) electrons. The molecule has 8 nitrogen and oxygen atoms in total. The molecule has 3 aromatic rings. The molecule has 162 valence electrons. The number of halogens is 3. The Balaban J connectivity index is 1.51. The summed E-state index contributed by atoms with van der Waals surface area (Å²) < 4.78 is 40.2. The smallest absolute Gasteiger partial charge is 0.350 e. The van der Waals surface area contributed by atoms with Gasteiger partial charge in [-0.1, -0.05) is 6.07 Å². The van der Waals surface area contributed by atoms with Crippen LogP contribution in [-0.4, -0.2) is 38.7 Å². The fourth-order valence-corrected chi connectivity index (χ4v) is 3.22. The third-order valence-corrected chi connectivity index (χ3v) is 5.14. The summed E-state index contributed by atoms with van der Waals surface area (Å²) in [4.78, 5) is 22.7. The van der Waals surface area contributed by atoms with Gasteiger partial charge in [0, 0.05) is 25.4 Å². The molecule has 1 aliphatic heterocycles. The number of nitrogens with one attached hydrogen (secondary N) is 2. The minimum atomic E-state index is -4.42. The summed E-state index contributed by atoms with van der Waals surface area (Å²) >= 11 is 0. The van der Waals surface area contributed by atoms with E-state index in [1.807, 2.05) is 0 Å². The van der Waals surface area contributed by atoms with Gasteiger partial charge in [-0.3, -0.25) is 4.79 Å². The molecule has 0 aliphatic carbocycles. The van der Waals surface area contributed by atoms with Crippen LogP contribution in [-0.2, 0) is 17.5 Å². The van der Waals surface area contributed by atoms with Gasteiger partial charge in [0.05, 0.1) is 23.1 Å². The number of amides is 1. The molecule has 1 amide bonds. The number of rotatable bonds is 4. The average Bonchev–Trinajstić information content (AvgIpc) is 3.20. The van der Waals surface area contributed by atoms with Gasteiger partial charge in [-0.2, -0.15) is 23.3 Å². The number of hydrogen-bond acceptors (Lipinski definition) is 6. The van der Waals surface area contributed by atoms with Gasteiger partial charge in [0.1, 0.15) is 11.7 Å². The van der Waals surface area contributed by atoms with Crippen molar-refractivity contribution in [1.82, 2.24) is 19.7 Å². The summed E-state index contributed by atoms with van der Waals surface area (Å²) in [5.41, 5.74) is 1.52. The molecular formula is C20H20F3N7O. The quantitative estimate of drug-likeness (QED) is 0.659. The van der Waals surface area contributed by atoms with Crippen molar-refractivity contribution in [3.05, 3.63) is 53.5 Å². The van der Waals surface area contributed by atoms with Crippen molar-refractivity contribution >= 4 is 23.4 Å². The summed E-state index contributed by atoms with van der Waals surface area (Å²) in [7, 11) is 1.79. The van der Waals surface area contributed by atoms with Crippen molar-refractivity contribution in [3.8, 4) is 5.69 Å². The molecule has 11 heteroatoms. The van der Waals surface area contributed by atoms with E-state index >= 15 is 0 Å². The largest absolute Gasteiger partial charge is 0.416 e. The molecule has 0 saturated carbocycles. The minimum Gasteiger partial charge on any atom is -0.350 e. The highest BCUT2D eigenvalue weighted by Crippen LogP contribution is 2.32. The molecule has 1 atom stereocenters. The summed E-state index contributed by atoms with van der Waals surface area (Å²) in [6.07, 6.45) is -1.21. The molecule has 1 aliphatic rings. The van der Waals surface area contributed by atoms with E-state index in [2.05, 4.69) is 25.7 Å². The van der Waals surface area contributed by atoms with Crippen LogP contribution in [0, 0.1) is 6.92 Å². The fraction of sp³-hybridized carbons (Fsp3) is 0.300. The van der Waals surface area contributed by atoms with Gasteiger partial charge in [0.15, 0.2) is 5.82 Å². The normalized spacial score (nSPS) is 16.1. The molecule has 0 fully saturated rings. The van der Waals surface area contributed by atoms with Crippen LogP contribution in [0.2, 0.25) is 0 Å². The second-order valence-electron chi connectivity index (χ2n) is 7.30. The first-order valence-corrected chi connectivity index (χ1v) is 9.51. The zero-order valence-electron chi connectivity index (χ0n) is 17.0. The Morgan fingerprint density at radius 3 is 2.77 bits per heavy atom. The van der Waals surface area contributed by atoms with E-state index in [9.17, 15) is 18.0 Å². The summed E-state index contributed by atoms with van der Waals surface area (Å²) in [6.45, 7) is 3.88. The number of nitrogens with zero attached hydrogens (tertiary/aromatic N) is 5. The van der Waals surface area contributed by atoms with Crippen LogP contribution in [0.3, 0.4) is 0 Å². The van der Waals surface area contributed by atoms with Gasteiger partial charge in [-0.05, 0) is 32.0 Å². The third-order valence-electron chi connectivity index (χ3n) is 5.14. The van der Waals surface area contributed by atoms with E-state index in [0.717, 1.165) is 17.7 Å². The summed E-state index contributed by atoms with van der Waals surface area (Å²) in [5.74, 6) is 0.865. The van der Waals surface area contributed by atoms with E-state index in [4.69, 9.17) is 0 Å². The lowest BCUT2D eigenvalue weighted by Gasteiger charge is -2.32. The van der Waals surface area contributed by atoms with E-state index in [0.29, 0.717) is 35.4 Å². The molecule has 0 bridgehead atoms. The first-order valence-electron chi connectivity index (χ1n) is 9.51. The van der Waals surface area contributed by atoms with Gasteiger partial charge >= 0.3 is 6.18 Å². The lowest BCUT2D eigenvalue weighted by molar-refractivity contribution is -0.137. The highest BCUT2D eigenvalue weighted by Gasteiger charge is 2.31. The number of anilines is 3. The van der Waals surface area contributed by atoms with Gasteiger partial charge in [-0.25, -0.2) is 9.67 Å². The minimum absolute atomic E-state index is 0.121. The molecule has 2 aromatic heterocycles. The molecule has 0 spiro atoms. The highest BCUT2D eigenvalue weighted by atomic mass is 19.4. The van der Waals surface area contributed by atoms with Crippen LogP contribution in [0.15, 0.2) is 36.7 Å². The second kappa shape index (κ2) is 7.56. The average molecular weight is 431 g/mol. The Bertz CT molecular complexity index is 1140. The maximum absolute atomic E-state index is 12.9. The number of carbonyl (C=O) groups excluding carboxylic acids is 1. The van der Waals surface area contributed by atoms with Crippen molar-refractivity contribution < 1.29 is 18.0 Å². The zero-order valence-corrected chi connectivity index (χ0v) is 17.0. The van der Waals surface area contributed by atoms with Crippen molar-refractivity contribution in [2.45, 2.75) is 32.6 Å². The molecule has 0 unspecified atom stereocenters. The topological polar surface area (TPSA) is 88.0 Å². The van der Waals surface area contributed by atoms with Crippen molar-refractivity contribution in [1.29, 1.82) is 0 Å². The van der Waals surface area contributed by atoms with Crippen molar-refractivity contribution in [2.75, 3.05) is 22.6 Å². The molecule has 1 aromatic carbocycles. The van der Waals surface area contributed by atoms with Crippen LogP contribution in [0.25, 0.3) is 5.69 Å². The van der Waals surface area contributed by atoms with Crippen molar-refractivity contribution in [3.63, 3.8) is 0 Å². The lowest BCUT2D eigenvalue weighted by atomic mass is 10.2. The van der Waals surface area contributed by atoms with Gasteiger partial charge in [-0.15, -0.1) is 0 Å². The van der Waals surface area contributed by atoms with Crippen LogP contribution < -0.4 is 15.5 Å². The van der Waals surface area contributed by atoms with Crippen molar-refractivity contribution in [2.24, 2.45) is 0 Å². The van der Waals surface area contributed by atoms with Gasteiger partial charge in [0.25, 0.3) is 0 Å². The number of hydrogen-bond donors (Lipinski definition) is 2. The van der Waals surface area contributed by atoms with Crippen LogP contribution >= 0.6 is 0 Å². The van der Waals surface area contributed by atoms with Gasteiger partial charge in [0.2, 0.25) is 11.9 Å². The number of likely N-dealkylation sites (N-methyl/N-ethyl adjacent to an activating group) is 1. The fourth-order valence-electron chi connectivity index (χ4n) is 3.22. The Morgan fingerprint density at radius 2 is 2.03 bits per heavy atom. The van der Waals surface area contributed by atoms with E-state index in [1.165, 1.54) is 10.7 Å². The Kier molecular flexibility index (Phi) is 5.03. The van der Waals surface area contributed by atoms with Gasteiger partial charge < -0.3 is 15.5 Å². The number of aromatic nitrogens is 4. The standard InChI is InChI=1S/C20H20F3N7O/c1-11-16-17(29(3)12(2)18(31)27-16)28-19(26-11)24-8-13-9-25-30(10-13)15-6-4-5-14(7-15)20(21,22)23/h4-7,9-10,12H,8H2,1-3H3,(H,27,31)(H,24,26,28)/t12-/m0/s1. The molecule has 31 heavy (non-hydrogen) atoms. The number of fused-ring (bicyclic) bond motifs is 1. The maximum Gasteiger partial charge on any atom is 0.416 e. The number of alkyl halides is 3. The van der Waals surface area contributed by atoms with E-state index in [1.54, 1.807) is 44.3 Å². The Hall–Kier alpha value is -3.63. The number of carbonyl (C=O) groups is 1. The predicted octanol–water partition coefficient (Wildman–Crippen LogP) is 3.38. The first kappa shape index (κ1) is 20.6. The lowest BCUT2D eigenvalue weighted by Crippen LogP contribution is -2.44. The molecule has 0 saturated heterocycles. The molecular weight excluding hydrogens is 411 g/mol. The third kappa shape index (κ3) is 4.03. The predicted molar refractivity (Wildman–Crippen MR) is 109 cm³/mol. The molecule has 4 rings (SSSR count). The van der Waals surface area contributed by atoms with Crippen LogP contribution in [0.1, 0.15) is 23.7 Å². The summed E-state index contributed by atoms with van der Waals surface area (Å²) in [5, 5.41) is 10.1. The maximum atomic E-state index is 12.9. The zero-order chi connectivity index (χ0) is 22.3. The molecule has 3 heterocycles. The van der Waals surface area contributed by atoms with Crippen LogP contribution in [0.5, 0.6) is 0 Å². The van der Waals surface area contributed by atoms with Crippen LogP contribution in [0.4, 0.5) is 30.6 Å². The Morgan fingerprint density at radius 1 is 1.26 bits per heavy atom. The molecule has 2 N–H and O–H groups in total. The van der Waals surface area contributed by atoms with E-state index in [-0.39, 0.29) is 11.9 Å². The monoisotopic (exact) mass is 431 g/mol. The Labute approximate surface area is 176 Å². The SMILES string of the molecule is Cc1nc(NCc2cnn(-c3cccc(C(F)(F)F)c3)c2)nc2c1NC(=O)[C@H](C)N2C. The first-order chi connectivity index (χ1) is 14.6.